The summed E-state index contributed by atoms with van der Waals surface area (Å²) in [6, 6.07) is 0. The Balaban J connectivity index is 2.68. The highest BCUT2D eigenvalue weighted by Crippen LogP contribution is 2.57. The van der Waals surface area contributed by atoms with Crippen LogP contribution in [-0.2, 0) is 28.8 Å². The molecule has 0 fully saturated rings. The van der Waals surface area contributed by atoms with E-state index in [1.165, 1.54) is 31.1 Å². The number of nitrogens with one attached hydrogen (secondary N) is 1. The van der Waals surface area contributed by atoms with Crippen molar-refractivity contribution in [3.8, 4) is 0 Å². The summed E-state index contributed by atoms with van der Waals surface area (Å²) in [4.78, 5) is 24.8. The molecule has 0 aliphatic carbocycles. The van der Waals surface area contributed by atoms with E-state index in [1.807, 2.05) is 0 Å². The van der Waals surface area contributed by atoms with Gasteiger partial charge in [0.15, 0.2) is 18.1 Å². The van der Waals surface area contributed by atoms with Gasteiger partial charge in [-0.3, -0.25) is 27.5 Å². The molecule has 0 amide bonds. The van der Waals surface area contributed by atoms with E-state index in [0.29, 0.717) is 0 Å². The maximum atomic E-state index is 12.3. The van der Waals surface area contributed by atoms with Crippen molar-refractivity contribution < 1.29 is 22.2 Å². The van der Waals surface area contributed by atoms with Crippen LogP contribution < -0.4 is 11.2 Å². The smallest absolute Gasteiger partial charge is 0.339 e. The molecule has 0 aliphatic heterocycles. The Kier molecular flexibility index (Phi) is 9.44. The summed E-state index contributed by atoms with van der Waals surface area (Å²) < 4.78 is 33.1. The van der Waals surface area contributed by atoms with Crippen LogP contribution in [0, 0.1) is 0 Å². The molecule has 1 aromatic heterocycles. The van der Waals surface area contributed by atoms with E-state index in [-0.39, 0.29) is 17.7 Å². The average molecular weight is 405 g/mol. The molecule has 1 heterocycles. The number of hydrogen-bond donors (Lipinski definition) is 1. The van der Waals surface area contributed by atoms with Crippen LogP contribution in [0.5, 0.6) is 0 Å². The van der Waals surface area contributed by atoms with Gasteiger partial charge in [0, 0.05) is 27.0 Å². The van der Waals surface area contributed by atoms with Gasteiger partial charge >= 0.3 is 13.3 Å². The molecular weight excluding hydrogens is 388 g/mol. The summed E-state index contributed by atoms with van der Waals surface area (Å²) in [5.41, 5.74) is -1.24. The fourth-order valence-electron chi connectivity index (χ4n) is 1.29. The quantitative estimate of drug-likeness (QED) is 0.470. The Hall–Kier alpha value is -0.360. The summed E-state index contributed by atoms with van der Waals surface area (Å²) >= 11 is 5.65. The van der Waals surface area contributed by atoms with Gasteiger partial charge in [0.1, 0.15) is 5.02 Å². The van der Waals surface area contributed by atoms with E-state index in [4.69, 9.17) is 29.3 Å². The molecule has 1 rings (SSSR count). The SMILES string of the molecule is COPOP(=O)(C/C=C/Cn1cc(Cl)c(=O)[nH]c1=O)OPOC. The maximum Gasteiger partial charge on any atom is 0.344 e. The van der Waals surface area contributed by atoms with E-state index in [1.54, 1.807) is 6.08 Å². The lowest BCUT2D eigenvalue weighted by Crippen LogP contribution is -2.29. The summed E-state index contributed by atoms with van der Waals surface area (Å²) in [5.74, 6) is 0. The van der Waals surface area contributed by atoms with Gasteiger partial charge in [0.05, 0.1) is 6.16 Å². The van der Waals surface area contributed by atoms with Gasteiger partial charge < -0.3 is 9.05 Å². The molecule has 0 bridgehead atoms. The first-order valence-electron chi connectivity index (χ1n) is 6.08. The summed E-state index contributed by atoms with van der Waals surface area (Å²) in [6.45, 7) is 0.133. The highest BCUT2D eigenvalue weighted by atomic mass is 35.5. The summed E-state index contributed by atoms with van der Waals surface area (Å²) in [6.07, 6.45) is 4.30. The first kappa shape index (κ1) is 20.7. The van der Waals surface area contributed by atoms with Crippen molar-refractivity contribution in [2.75, 3.05) is 20.4 Å². The van der Waals surface area contributed by atoms with Crippen LogP contribution in [0.4, 0.5) is 0 Å². The van der Waals surface area contributed by atoms with Gasteiger partial charge in [0.2, 0.25) is 0 Å². The monoisotopic (exact) mass is 404 g/mol. The van der Waals surface area contributed by atoms with Crippen molar-refractivity contribution in [3.63, 3.8) is 0 Å². The van der Waals surface area contributed by atoms with Crippen LogP contribution in [0.1, 0.15) is 0 Å². The minimum atomic E-state index is -3.39. The third-order valence-corrected chi connectivity index (χ3v) is 6.37. The Morgan fingerprint density at radius 1 is 1.26 bits per heavy atom. The number of H-pyrrole nitrogens is 1. The predicted octanol–water partition coefficient (Wildman–Crippen LogP) is 2.28. The Labute approximate surface area is 140 Å². The maximum absolute atomic E-state index is 12.3. The average Bonchev–Trinajstić information content (AvgIpc) is 2.52. The number of nitrogens with zero attached hydrogens (tertiary/aromatic N) is 1. The normalized spacial score (nSPS) is 15.3. The first-order valence-corrected chi connectivity index (χ1v) is 9.82. The van der Waals surface area contributed by atoms with Crippen LogP contribution in [0.15, 0.2) is 27.9 Å². The molecule has 2 unspecified atom stereocenters. The molecule has 130 valence electrons. The van der Waals surface area contributed by atoms with E-state index in [2.05, 4.69) is 4.98 Å². The molecule has 0 aromatic carbocycles. The fraction of sp³-hybridized carbons (Fsp3) is 0.400. The molecule has 2 atom stereocenters. The lowest BCUT2D eigenvalue weighted by molar-refractivity contribution is 0.355. The number of halogens is 1. The first-order chi connectivity index (χ1) is 10.9. The third kappa shape index (κ3) is 7.38. The number of rotatable bonds is 10. The summed E-state index contributed by atoms with van der Waals surface area (Å²) in [5, 5.41) is -0.0991. The highest BCUT2D eigenvalue weighted by molar-refractivity contribution is 7.63. The van der Waals surface area contributed by atoms with Crippen LogP contribution in [-0.4, -0.2) is 29.9 Å². The molecule has 0 saturated carbocycles. The number of aromatic nitrogens is 2. The van der Waals surface area contributed by atoms with E-state index in [9.17, 15) is 14.2 Å². The molecule has 1 N–H and O–H groups in total. The number of allylic oxidation sites excluding steroid dienone is 2. The zero-order valence-corrected chi connectivity index (χ0v) is 15.9. The van der Waals surface area contributed by atoms with Crippen LogP contribution in [0.2, 0.25) is 5.02 Å². The Morgan fingerprint density at radius 2 is 1.87 bits per heavy atom. The van der Waals surface area contributed by atoms with Crippen molar-refractivity contribution in [3.05, 3.63) is 44.2 Å². The van der Waals surface area contributed by atoms with Gasteiger partial charge in [-0.25, -0.2) is 4.79 Å². The van der Waals surface area contributed by atoms with Crippen molar-refractivity contribution >= 4 is 37.3 Å². The van der Waals surface area contributed by atoms with E-state index >= 15 is 0 Å². The van der Waals surface area contributed by atoms with Crippen LogP contribution in [0.3, 0.4) is 0 Å². The molecule has 0 aliphatic rings. The molecule has 1 aromatic rings. The third-order valence-electron chi connectivity index (χ3n) is 2.28. The predicted molar refractivity (Wildman–Crippen MR) is 90.8 cm³/mol. The lowest BCUT2D eigenvalue weighted by atomic mass is 10.5. The lowest BCUT2D eigenvalue weighted by Gasteiger charge is -2.14. The molecule has 0 spiro atoms. The molecule has 9 nitrogen and oxygen atoms in total. The minimum Gasteiger partial charge on any atom is -0.339 e. The zero-order chi connectivity index (χ0) is 17.3. The van der Waals surface area contributed by atoms with Gasteiger partial charge in [-0.2, -0.15) is 0 Å². The summed E-state index contributed by atoms with van der Waals surface area (Å²) in [7, 11) is -1.43. The van der Waals surface area contributed by atoms with Crippen molar-refractivity contribution in [2.24, 2.45) is 0 Å². The van der Waals surface area contributed by atoms with E-state index < -0.39 is 36.9 Å². The van der Waals surface area contributed by atoms with Gasteiger partial charge in [-0.1, -0.05) is 23.8 Å². The largest absolute Gasteiger partial charge is 0.344 e. The topological polar surface area (TPSA) is 109 Å². The highest BCUT2D eigenvalue weighted by Gasteiger charge is 2.23. The second-order valence-corrected chi connectivity index (χ2v) is 8.52. The molecule has 13 heteroatoms. The second kappa shape index (κ2) is 10.5. The number of aromatic amines is 1. The van der Waals surface area contributed by atoms with Crippen molar-refractivity contribution in [1.82, 2.24) is 9.55 Å². The van der Waals surface area contributed by atoms with Crippen LogP contribution >= 0.6 is 37.3 Å². The molecular formula is C10H16ClN2O7P3. The molecule has 0 saturated heterocycles. The van der Waals surface area contributed by atoms with E-state index in [0.717, 1.165) is 0 Å². The fourth-order valence-corrected chi connectivity index (χ4v) is 4.45. The molecule has 0 radical (unpaired) electrons. The molecule has 23 heavy (non-hydrogen) atoms. The van der Waals surface area contributed by atoms with Crippen molar-refractivity contribution in [1.29, 1.82) is 0 Å². The Bertz CT molecular complexity index is 678. The number of hydrogen-bond acceptors (Lipinski definition) is 7. The van der Waals surface area contributed by atoms with Gasteiger partial charge in [-0.05, 0) is 0 Å². The minimum absolute atomic E-state index is 0.0223. The zero-order valence-electron chi connectivity index (χ0n) is 12.3. The van der Waals surface area contributed by atoms with Crippen LogP contribution in [0.25, 0.3) is 0 Å². The van der Waals surface area contributed by atoms with Gasteiger partial charge in [-0.15, -0.1) is 0 Å². The Morgan fingerprint density at radius 3 is 2.43 bits per heavy atom. The van der Waals surface area contributed by atoms with Crippen molar-refractivity contribution in [2.45, 2.75) is 6.54 Å². The second-order valence-electron chi connectivity index (χ2n) is 3.91. The standard InChI is InChI=1S/C10H16ClN2O7P3/c1-17-21-19-23(16,20-22-18-2)6-4-3-5-13-7-8(11)9(14)12-10(13)15/h3-4,7,21-22H,5-6H2,1-2H3,(H,12,14,15)/b4-3+. The van der Waals surface area contributed by atoms with Gasteiger partial charge in [0.25, 0.3) is 5.56 Å².